The van der Waals surface area contributed by atoms with Crippen LogP contribution in [0.25, 0.3) is 17.2 Å². The van der Waals surface area contributed by atoms with Crippen LogP contribution in [0.2, 0.25) is 0 Å². The fraction of sp³-hybridized carbons (Fsp3) is 0.286. The average Bonchev–Trinajstić information content (AvgIpc) is 2.78. The zero-order valence-electron chi connectivity index (χ0n) is 19.1. The predicted octanol–water partition coefficient (Wildman–Crippen LogP) is 6.74. The van der Waals surface area contributed by atoms with E-state index in [2.05, 4.69) is 116 Å². The third-order valence-electron chi connectivity index (χ3n) is 6.16. The van der Waals surface area contributed by atoms with Crippen LogP contribution in [0.5, 0.6) is 0 Å². The molecule has 3 aromatic carbocycles. The monoisotopic (exact) mass is 411 g/mol. The summed E-state index contributed by atoms with van der Waals surface area (Å²) in [7, 11) is 2.19. The van der Waals surface area contributed by atoms with Gasteiger partial charge in [0.2, 0.25) is 0 Å². The number of para-hydroxylation sites is 1. The second-order valence-corrected chi connectivity index (χ2v) is 8.42. The Morgan fingerprint density at radius 2 is 1.74 bits per heavy atom. The van der Waals surface area contributed by atoms with Crippen molar-refractivity contribution < 1.29 is 0 Å². The third kappa shape index (κ3) is 4.61. The maximum Gasteiger partial charge on any atom is 0.0582 e. The van der Waals surface area contributed by atoms with Crippen molar-refractivity contribution >= 4 is 23.1 Å². The van der Waals surface area contributed by atoms with E-state index in [1.807, 2.05) is 0 Å². The molecule has 0 spiro atoms. The van der Waals surface area contributed by atoms with Gasteiger partial charge in [-0.1, -0.05) is 60.2 Å². The lowest BCUT2D eigenvalue weighted by Gasteiger charge is -2.32. The van der Waals surface area contributed by atoms with Crippen LogP contribution in [0.15, 0.2) is 66.7 Å². The number of aryl methyl sites for hydroxylation is 2. The van der Waals surface area contributed by atoms with E-state index < -0.39 is 0 Å². The van der Waals surface area contributed by atoms with Gasteiger partial charge in [0.25, 0.3) is 0 Å². The molecule has 160 valence electrons. The summed E-state index contributed by atoms with van der Waals surface area (Å²) in [6.45, 7) is 8.30. The smallest absolute Gasteiger partial charge is 0.0582 e. The Morgan fingerprint density at radius 3 is 2.58 bits per heavy atom. The Hall–Kier alpha value is -3.20. The van der Waals surface area contributed by atoms with Gasteiger partial charge in [-0.25, -0.2) is 0 Å². The highest BCUT2D eigenvalue weighted by Gasteiger charge is 2.18. The van der Waals surface area contributed by atoms with E-state index in [9.17, 15) is 0 Å². The predicted molar refractivity (Wildman–Crippen MR) is 136 cm³/mol. The molecule has 2 N–H and O–H groups in total. The first-order valence-corrected chi connectivity index (χ1v) is 11.3. The molecule has 1 aliphatic heterocycles. The number of anilines is 3. The highest BCUT2D eigenvalue weighted by Crippen LogP contribution is 2.32. The highest BCUT2D eigenvalue weighted by atomic mass is 15.1. The van der Waals surface area contributed by atoms with E-state index in [1.165, 1.54) is 44.9 Å². The second-order valence-electron chi connectivity index (χ2n) is 8.42. The molecule has 4 rings (SSSR count). The van der Waals surface area contributed by atoms with Crippen molar-refractivity contribution in [3.63, 3.8) is 0 Å². The minimum absolute atomic E-state index is 0.402. The molecule has 3 heteroatoms. The maximum absolute atomic E-state index is 3.67. The van der Waals surface area contributed by atoms with Crippen LogP contribution in [-0.4, -0.2) is 26.2 Å². The molecule has 1 atom stereocenters. The number of likely N-dealkylation sites (N-methyl/N-ethyl adjacent to an activating group) is 1. The zero-order chi connectivity index (χ0) is 21.8. The van der Waals surface area contributed by atoms with Gasteiger partial charge in [0.15, 0.2) is 0 Å². The average molecular weight is 412 g/mol. The standard InChI is InChI=1S/C28H33N3/c1-5-29-27-19-23(25-18-20(2)10-11-21(25)3)13-15-26(27)30-17-16-24-14-12-22-8-6-7-9-28(22)31(24)4/h6-15,18-19,24,29-30H,5,16-17H2,1-4H3. The molecule has 31 heavy (non-hydrogen) atoms. The molecule has 1 heterocycles. The van der Waals surface area contributed by atoms with Crippen LogP contribution in [-0.2, 0) is 0 Å². The Morgan fingerprint density at radius 1 is 0.903 bits per heavy atom. The molecular weight excluding hydrogens is 378 g/mol. The van der Waals surface area contributed by atoms with Gasteiger partial charge in [-0.3, -0.25) is 0 Å². The number of hydrogen-bond donors (Lipinski definition) is 2. The fourth-order valence-corrected chi connectivity index (χ4v) is 4.37. The molecule has 0 fully saturated rings. The summed E-state index contributed by atoms with van der Waals surface area (Å²) in [5.74, 6) is 0. The molecule has 0 saturated carbocycles. The van der Waals surface area contributed by atoms with Crippen LogP contribution >= 0.6 is 0 Å². The van der Waals surface area contributed by atoms with Gasteiger partial charge in [-0.2, -0.15) is 0 Å². The van der Waals surface area contributed by atoms with E-state index in [1.54, 1.807) is 0 Å². The summed E-state index contributed by atoms with van der Waals surface area (Å²) in [5, 5.41) is 7.22. The van der Waals surface area contributed by atoms with E-state index in [0.29, 0.717) is 6.04 Å². The Bertz CT molecular complexity index is 1080. The van der Waals surface area contributed by atoms with Gasteiger partial charge in [-0.05, 0) is 67.6 Å². The van der Waals surface area contributed by atoms with Crippen molar-refractivity contribution in [3.05, 3.63) is 83.4 Å². The lowest BCUT2D eigenvalue weighted by Crippen LogP contribution is -2.33. The van der Waals surface area contributed by atoms with E-state index >= 15 is 0 Å². The van der Waals surface area contributed by atoms with Gasteiger partial charge in [0, 0.05) is 31.9 Å². The van der Waals surface area contributed by atoms with Crippen LogP contribution in [0, 0.1) is 13.8 Å². The molecule has 0 amide bonds. The third-order valence-corrected chi connectivity index (χ3v) is 6.16. The van der Waals surface area contributed by atoms with Crippen molar-refractivity contribution in [3.8, 4) is 11.1 Å². The summed E-state index contributed by atoms with van der Waals surface area (Å²) in [4.78, 5) is 2.38. The first kappa shape index (κ1) is 21.0. The number of rotatable bonds is 7. The van der Waals surface area contributed by atoms with E-state index in [4.69, 9.17) is 0 Å². The molecule has 3 aromatic rings. The number of fused-ring (bicyclic) bond motifs is 1. The molecule has 1 unspecified atom stereocenters. The van der Waals surface area contributed by atoms with Crippen molar-refractivity contribution in [1.82, 2.24) is 0 Å². The lowest BCUT2D eigenvalue weighted by atomic mass is 9.97. The van der Waals surface area contributed by atoms with Gasteiger partial charge in [0.05, 0.1) is 11.4 Å². The van der Waals surface area contributed by atoms with E-state index in [-0.39, 0.29) is 0 Å². The first-order chi connectivity index (χ1) is 15.1. The summed E-state index contributed by atoms with van der Waals surface area (Å²) >= 11 is 0. The topological polar surface area (TPSA) is 27.3 Å². The van der Waals surface area contributed by atoms with Crippen molar-refractivity contribution in [2.45, 2.75) is 33.2 Å². The molecular formula is C28H33N3. The van der Waals surface area contributed by atoms with Crippen molar-refractivity contribution in [2.75, 3.05) is 35.7 Å². The summed E-state index contributed by atoms with van der Waals surface area (Å²) < 4.78 is 0. The molecule has 0 bridgehead atoms. The summed E-state index contributed by atoms with van der Waals surface area (Å²) in [6, 6.07) is 22.4. The molecule has 0 saturated heterocycles. The highest BCUT2D eigenvalue weighted by molar-refractivity contribution is 5.79. The number of hydrogen-bond acceptors (Lipinski definition) is 3. The van der Waals surface area contributed by atoms with Crippen molar-refractivity contribution in [1.29, 1.82) is 0 Å². The van der Waals surface area contributed by atoms with Crippen LogP contribution in [0.3, 0.4) is 0 Å². The Labute approximate surface area is 186 Å². The van der Waals surface area contributed by atoms with Gasteiger partial charge >= 0.3 is 0 Å². The fourth-order valence-electron chi connectivity index (χ4n) is 4.37. The normalized spacial score (nSPS) is 15.0. The molecule has 0 radical (unpaired) electrons. The largest absolute Gasteiger partial charge is 0.384 e. The van der Waals surface area contributed by atoms with Gasteiger partial charge in [-0.15, -0.1) is 0 Å². The lowest BCUT2D eigenvalue weighted by molar-refractivity contribution is 0.697. The summed E-state index contributed by atoms with van der Waals surface area (Å²) in [5.41, 5.74) is 10.1. The molecule has 0 aliphatic carbocycles. The number of benzene rings is 3. The zero-order valence-corrected chi connectivity index (χ0v) is 19.1. The van der Waals surface area contributed by atoms with E-state index in [0.717, 1.165) is 19.5 Å². The molecule has 0 aromatic heterocycles. The molecule has 1 aliphatic rings. The molecule has 3 nitrogen and oxygen atoms in total. The van der Waals surface area contributed by atoms with Gasteiger partial charge in [0.1, 0.15) is 0 Å². The maximum atomic E-state index is 3.67. The quantitative estimate of drug-likeness (QED) is 0.451. The van der Waals surface area contributed by atoms with Crippen LogP contribution in [0.1, 0.15) is 30.0 Å². The number of nitrogens with one attached hydrogen (secondary N) is 2. The van der Waals surface area contributed by atoms with Crippen molar-refractivity contribution in [2.24, 2.45) is 0 Å². The SMILES string of the molecule is CCNc1cc(-c2cc(C)ccc2C)ccc1NCCC1C=Cc2ccccc2N1C. The Balaban J connectivity index is 1.47. The minimum Gasteiger partial charge on any atom is -0.384 e. The second kappa shape index (κ2) is 9.30. The minimum atomic E-state index is 0.402. The number of nitrogens with zero attached hydrogens (tertiary/aromatic N) is 1. The Kier molecular flexibility index (Phi) is 6.31. The van der Waals surface area contributed by atoms with Crippen LogP contribution in [0.4, 0.5) is 17.1 Å². The van der Waals surface area contributed by atoms with Crippen LogP contribution < -0.4 is 15.5 Å². The first-order valence-electron chi connectivity index (χ1n) is 11.3. The van der Waals surface area contributed by atoms with Gasteiger partial charge < -0.3 is 15.5 Å². The summed E-state index contributed by atoms with van der Waals surface area (Å²) in [6.07, 6.45) is 5.62.